The molecule has 3 aromatic rings. The highest BCUT2D eigenvalue weighted by atomic mass is 32.2. The number of hydrogen-bond acceptors (Lipinski definition) is 7. The molecule has 3 rings (SSSR count). The first-order chi connectivity index (χ1) is 12.9. The summed E-state index contributed by atoms with van der Waals surface area (Å²) in [4.78, 5) is 34.2. The van der Waals surface area contributed by atoms with Gasteiger partial charge < -0.3 is 14.5 Å². The van der Waals surface area contributed by atoms with Gasteiger partial charge in [-0.1, -0.05) is 0 Å². The van der Waals surface area contributed by atoms with Crippen molar-refractivity contribution in [1.82, 2.24) is 9.97 Å². The highest BCUT2D eigenvalue weighted by Gasteiger charge is 2.21. The van der Waals surface area contributed by atoms with Crippen LogP contribution < -0.4 is 10.3 Å². The minimum absolute atomic E-state index is 0.0658. The molecule has 142 valence electrons. The van der Waals surface area contributed by atoms with E-state index in [-0.39, 0.29) is 17.4 Å². The molecule has 0 fully saturated rings. The summed E-state index contributed by atoms with van der Waals surface area (Å²) < 4.78 is 10.2. The Balaban J connectivity index is 1.92. The van der Waals surface area contributed by atoms with Crippen molar-refractivity contribution in [3.8, 4) is 5.75 Å². The van der Waals surface area contributed by atoms with Crippen molar-refractivity contribution in [3.63, 3.8) is 0 Å². The number of aryl methyl sites for hydroxylation is 1. The zero-order valence-corrected chi connectivity index (χ0v) is 17.1. The summed E-state index contributed by atoms with van der Waals surface area (Å²) in [5.74, 6) is 0.949. The number of nitrogens with zero attached hydrogens (tertiary/aromatic N) is 1. The number of aromatic amines is 1. The van der Waals surface area contributed by atoms with Gasteiger partial charge in [0.15, 0.2) is 0 Å². The minimum atomic E-state index is -0.417. The SMILES string of the molecule is CCOC(=O)c1sc2nc([C@H](C)Sc3ccc(OC)cc3)[nH]c(=O)c2c1C. The third-order valence-electron chi connectivity index (χ3n) is 4.04. The Kier molecular flexibility index (Phi) is 5.86. The summed E-state index contributed by atoms with van der Waals surface area (Å²) in [6.07, 6.45) is 0. The zero-order chi connectivity index (χ0) is 19.6. The molecule has 2 heterocycles. The van der Waals surface area contributed by atoms with Crippen molar-refractivity contribution < 1.29 is 14.3 Å². The van der Waals surface area contributed by atoms with E-state index in [0.717, 1.165) is 10.6 Å². The Hall–Kier alpha value is -2.32. The first kappa shape index (κ1) is 19.4. The average molecular weight is 405 g/mol. The molecule has 0 aliphatic rings. The summed E-state index contributed by atoms with van der Waals surface area (Å²) in [6, 6.07) is 7.71. The summed E-state index contributed by atoms with van der Waals surface area (Å²) in [7, 11) is 1.63. The van der Waals surface area contributed by atoms with Crippen molar-refractivity contribution in [3.05, 3.63) is 50.9 Å². The number of ether oxygens (including phenoxy) is 2. The van der Waals surface area contributed by atoms with E-state index in [1.807, 2.05) is 31.2 Å². The number of thioether (sulfide) groups is 1. The normalized spacial score (nSPS) is 12.1. The Labute approximate surface area is 164 Å². The van der Waals surface area contributed by atoms with Gasteiger partial charge in [0, 0.05) is 4.90 Å². The number of carbonyl (C=O) groups excluding carboxylic acids is 1. The number of carbonyl (C=O) groups is 1. The third kappa shape index (κ3) is 4.01. The van der Waals surface area contributed by atoms with Crippen LogP contribution in [0.5, 0.6) is 5.75 Å². The minimum Gasteiger partial charge on any atom is -0.497 e. The number of nitrogens with one attached hydrogen (secondary N) is 1. The molecule has 0 aliphatic heterocycles. The molecule has 0 bridgehead atoms. The number of H-pyrrole nitrogens is 1. The molecule has 0 spiro atoms. The fourth-order valence-corrected chi connectivity index (χ4v) is 4.67. The Morgan fingerprint density at radius 3 is 2.67 bits per heavy atom. The van der Waals surface area contributed by atoms with E-state index >= 15 is 0 Å². The van der Waals surface area contributed by atoms with E-state index in [4.69, 9.17) is 9.47 Å². The van der Waals surface area contributed by atoms with Gasteiger partial charge in [-0.3, -0.25) is 4.79 Å². The van der Waals surface area contributed by atoms with Crippen LogP contribution in [0.1, 0.15) is 40.2 Å². The van der Waals surface area contributed by atoms with Crippen molar-refractivity contribution in [2.24, 2.45) is 0 Å². The summed E-state index contributed by atoms with van der Waals surface area (Å²) in [5, 5.41) is 0.386. The molecule has 1 atom stereocenters. The van der Waals surface area contributed by atoms with Gasteiger partial charge in [-0.2, -0.15) is 0 Å². The average Bonchev–Trinajstić information content (AvgIpc) is 2.99. The first-order valence-corrected chi connectivity index (χ1v) is 10.1. The van der Waals surface area contributed by atoms with Crippen LogP contribution in [0, 0.1) is 6.92 Å². The topological polar surface area (TPSA) is 81.3 Å². The van der Waals surface area contributed by atoms with Gasteiger partial charge in [0.1, 0.15) is 21.3 Å². The summed E-state index contributed by atoms with van der Waals surface area (Å²) in [5.41, 5.74) is 0.380. The van der Waals surface area contributed by atoms with Crippen LogP contribution in [0.2, 0.25) is 0 Å². The fourth-order valence-electron chi connectivity index (χ4n) is 2.66. The van der Waals surface area contributed by atoms with Crippen molar-refractivity contribution in [2.75, 3.05) is 13.7 Å². The maximum absolute atomic E-state index is 12.6. The Morgan fingerprint density at radius 1 is 1.33 bits per heavy atom. The van der Waals surface area contributed by atoms with Crippen LogP contribution in [-0.2, 0) is 4.74 Å². The molecule has 0 saturated heterocycles. The van der Waals surface area contributed by atoms with Crippen LogP contribution in [0.4, 0.5) is 0 Å². The predicted octanol–water partition coefficient (Wildman–Crippen LogP) is 4.33. The number of esters is 1. The lowest BCUT2D eigenvalue weighted by Crippen LogP contribution is -2.12. The number of benzene rings is 1. The second-order valence-electron chi connectivity index (χ2n) is 5.84. The van der Waals surface area contributed by atoms with Crippen LogP contribution >= 0.6 is 23.1 Å². The summed E-state index contributed by atoms with van der Waals surface area (Å²) >= 11 is 2.78. The lowest BCUT2D eigenvalue weighted by atomic mass is 10.2. The van der Waals surface area contributed by atoms with Gasteiger partial charge in [-0.05, 0) is 50.6 Å². The van der Waals surface area contributed by atoms with Gasteiger partial charge in [0.05, 0.1) is 24.4 Å². The van der Waals surface area contributed by atoms with E-state index in [0.29, 0.717) is 26.5 Å². The summed E-state index contributed by atoms with van der Waals surface area (Å²) in [6.45, 7) is 5.77. The lowest BCUT2D eigenvalue weighted by Gasteiger charge is -2.11. The standard InChI is InChI=1S/C19H20N2O4S2/c1-5-25-19(23)15-10(2)14-17(22)20-16(21-18(14)27-15)11(3)26-13-8-6-12(24-4)7-9-13/h6-9,11H,5H2,1-4H3,(H,20,21,22)/t11-/m0/s1. The van der Waals surface area contributed by atoms with Gasteiger partial charge in [0.2, 0.25) is 0 Å². The van der Waals surface area contributed by atoms with Crippen LogP contribution in [0.3, 0.4) is 0 Å². The van der Waals surface area contributed by atoms with E-state index in [2.05, 4.69) is 9.97 Å². The Morgan fingerprint density at radius 2 is 2.04 bits per heavy atom. The number of hydrogen-bond donors (Lipinski definition) is 1. The zero-order valence-electron chi connectivity index (χ0n) is 15.5. The van der Waals surface area contributed by atoms with Gasteiger partial charge >= 0.3 is 5.97 Å². The molecule has 0 saturated carbocycles. The second-order valence-corrected chi connectivity index (χ2v) is 8.26. The van der Waals surface area contributed by atoms with E-state index in [1.165, 1.54) is 11.3 Å². The quantitative estimate of drug-likeness (QED) is 0.486. The molecular formula is C19H20N2O4S2. The molecular weight excluding hydrogens is 384 g/mol. The van der Waals surface area contributed by atoms with Crippen LogP contribution in [-0.4, -0.2) is 29.7 Å². The molecule has 27 heavy (non-hydrogen) atoms. The molecule has 0 aliphatic carbocycles. The van der Waals surface area contributed by atoms with E-state index in [1.54, 1.807) is 32.7 Å². The smallest absolute Gasteiger partial charge is 0.348 e. The van der Waals surface area contributed by atoms with Gasteiger partial charge in [-0.25, -0.2) is 9.78 Å². The molecule has 0 radical (unpaired) electrons. The van der Waals surface area contributed by atoms with Gasteiger partial charge in [-0.15, -0.1) is 23.1 Å². The van der Waals surface area contributed by atoms with Crippen molar-refractivity contribution >= 4 is 39.3 Å². The number of aromatic nitrogens is 2. The molecule has 6 nitrogen and oxygen atoms in total. The fraction of sp³-hybridized carbons (Fsp3) is 0.316. The van der Waals surface area contributed by atoms with Crippen LogP contribution in [0.25, 0.3) is 10.2 Å². The molecule has 1 N–H and O–H groups in total. The highest BCUT2D eigenvalue weighted by molar-refractivity contribution is 7.99. The van der Waals surface area contributed by atoms with E-state index in [9.17, 15) is 9.59 Å². The predicted molar refractivity (Wildman–Crippen MR) is 108 cm³/mol. The number of methoxy groups -OCH3 is 1. The molecule has 0 unspecified atom stereocenters. The molecule has 8 heteroatoms. The van der Waals surface area contributed by atoms with Gasteiger partial charge in [0.25, 0.3) is 5.56 Å². The number of rotatable bonds is 6. The monoisotopic (exact) mass is 404 g/mol. The maximum Gasteiger partial charge on any atom is 0.348 e. The number of fused-ring (bicyclic) bond motifs is 1. The van der Waals surface area contributed by atoms with Crippen LogP contribution in [0.15, 0.2) is 34.0 Å². The van der Waals surface area contributed by atoms with E-state index < -0.39 is 5.97 Å². The first-order valence-electron chi connectivity index (χ1n) is 8.45. The third-order valence-corrected chi connectivity index (χ3v) is 6.32. The molecule has 0 amide bonds. The Bertz CT molecular complexity index is 1020. The maximum atomic E-state index is 12.6. The van der Waals surface area contributed by atoms with Crippen molar-refractivity contribution in [2.45, 2.75) is 30.9 Å². The second kappa shape index (κ2) is 8.14. The highest BCUT2D eigenvalue weighted by Crippen LogP contribution is 2.35. The largest absolute Gasteiger partial charge is 0.497 e. The van der Waals surface area contributed by atoms with Crippen molar-refractivity contribution in [1.29, 1.82) is 0 Å². The lowest BCUT2D eigenvalue weighted by molar-refractivity contribution is 0.0531. The number of thiophene rings is 1. The molecule has 2 aromatic heterocycles. The molecule has 1 aromatic carbocycles.